The molecule has 5 heteroatoms. The van der Waals surface area contributed by atoms with Crippen molar-refractivity contribution in [2.75, 3.05) is 13.1 Å². The van der Waals surface area contributed by atoms with Crippen molar-refractivity contribution in [3.63, 3.8) is 0 Å². The molecule has 1 atom stereocenters. The quantitative estimate of drug-likeness (QED) is 0.551. The van der Waals surface area contributed by atoms with E-state index in [9.17, 15) is 4.79 Å². The predicted octanol–water partition coefficient (Wildman–Crippen LogP) is -0.894. The average Bonchev–Trinajstić information content (AvgIpc) is 2.55. The highest BCUT2D eigenvalue weighted by atomic mass is 16.1. The Balaban J connectivity index is 2.28. The summed E-state index contributed by atoms with van der Waals surface area (Å²) in [6.07, 6.45) is 2.57. The van der Waals surface area contributed by atoms with E-state index in [4.69, 9.17) is 0 Å². The molecule has 1 saturated heterocycles. The normalized spacial score (nSPS) is 24.2. The van der Waals surface area contributed by atoms with Crippen molar-refractivity contribution in [1.29, 1.82) is 0 Å². The molecule has 0 aromatic carbocycles. The standard InChI is InChI=1S/C6H10N4O/c11-6-9-8-4-10(6)5-1-2-7-3-5/h4-5,7H,1-3H2,(H,9,11). The van der Waals surface area contributed by atoms with Gasteiger partial charge in [0.2, 0.25) is 0 Å². The van der Waals surface area contributed by atoms with Gasteiger partial charge in [0.1, 0.15) is 6.33 Å². The number of nitrogens with one attached hydrogen (secondary N) is 2. The molecule has 1 aromatic heterocycles. The lowest BCUT2D eigenvalue weighted by Gasteiger charge is -2.05. The second-order valence-corrected chi connectivity index (χ2v) is 2.72. The number of rotatable bonds is 1. The lowest BCUT2D eigenvalue weighted by atomic mass is 10.3. The van der Waals surface area contributed by atoms with Gasteiger partial charge >= 0.3 is 5.69 Å². The molecule has 0 aliphatic carbocycles. The lowest BCUT2D eigenvalue weighted by Crippen LogP contribution is -2.23. The van der Waals surface area contributed by atoms with E-state index in [1.807, 2.05) is 0 Å². The van der Waals surface area contributed by atoms with Crippen molar-refractivity contribution in [2.45, 2.75) is 12.5 Å². The number of aromatic nitrogens is 3. The minimum absolute atomic E-state index is 0.112. The summed E-state index contributed by atoms with van der Waals surface area (Å²) in [5.74, 6) is 0. The van der Waals surface area contributed by atoms with Crippen molar-refractivity contribution in [3.05, 3.63) is 16.8 Å². The molecule has 1 aromatic rings. The summed E-state index contributed by atoms with van der Waals surface area (Å²) in [7, 11) is 0. The Morgan fingerprint density at radius 2 is 2.64 bits per heavy atom. The first-order chi connectivity index (χ1) is 5.38. The minimum atomic E-state index is -0.112. The fourth-order valence-corrected chi connectivity index (χ4v) is 1.39. The molecule has 1 aliphatic heterocycles. The second-order valence-electron chi connectivity index (χ2n) is 2.72. The van der Waals surface area contributed by atoms with Crippen LogP contribution in [0.25, 0.3) is 0 Å². The number of hydrogen-bond donors (Lipinski definition) is 2. The molecule has 2 N–H and O–H groups in total. The number of aromatic amines is 1. The van der Waals surface area contributed by atoms with Gasteiger partial charge in [-0.25, -0.2) is 9.89 Å². The molecule has 0 bridgehead atoms. The average molecular weight is 154 g/mol. The maximum absolute atomic E-state index is 11.0. The Hall–Kier alpha value is -1.10. The van der Waals surface area contributed by atoms with Crippen LogP contribution in [0.3, 0.4) is 0 Å². The Bertz CT molecular complexity index is 283. The predicted molar refractivity (Wildman–Crippen MR) is 39.4 cm³/mol. The Labute approximate surface area is 63.4 Å². The third-order valence-corrected chi connectivity index (χ3v) is 2.00. The Morgan fingerprint density at radius 1 is 1.73 bits per heavy atom. The highest BCUT2D eigenvalue weighted by Crippen LogP contribution is 2.10. The van der Waals surface area contributed by atoms with Crippen LogP contribution in [0.1, 0.15) is 12.5 Å². The molecular formula is C6H10N4O. The maximum atomic E-state index is 11.0. The van der Waals surface area contributed by atoms with Crippen LogP contribution >= 0.6 is 0 Å². The molecule has 11 heavy (non-hydrogen) atoms. The maximum Gasteiger partial charge on any atom is 0.343 e. The van der Waals surface area contributed by atoms with Gasteiger partial charge in [-0.1, -0.05) is 0 Å². The highest BCUT2D eigenvalue weighted by Gasteiger charge is 2.17. The minimum Gasteiger partial charge on any atom is -0.315 e. The first-order valence-electron chi connectivity index (χ1n) is 3.70. The van der Waals surface area contributed by atoms with Gasteiger partial charge in [-0.15, -0.1) is 0 Å². The number of hydrogen-bond acceptors (Lipinski definition) is 3. The molecule has 5 nitrogen and oxygen atoms in total. The summed E-state index contributed by atoms with van der Waals surface area (Å²) in [6, 6.07) is 0.293. The Morgan fingerprint density at radius 3 is 3.18 bits per heavy atom. The van der Waals surface area contributed by atoms with Gasteiger partial charge < -0.3 is 5.32 Å². The summed E-state index contributed by atoms with van der Waals surface area (Å²) >= 11 is 0. The smallest absolute Gasteiger partial charge is 0.315 e. The van der Waals surface area contributed by atoms with Gasteiger partial charge in [-0.3, -0.25) is 4.57 Å². The third kappa shape index (κ3) is 1.07. The third-order valence-electron chi connectivity index (χ3n) is 2.00. The van der Waals surface area contributed by atoms with Crippen LogP contribution in [0.5, 0.6) is 0 Å². The monoisotopic (exact) mass is 154 g/mol. The summed E-state index contributed by atoms with van der Waals surface area (Å²) in [5, 5.41) is 9.23. The summed E-state index contributed by atoms with van der Waals surface area (Å²) in [5.41, 5.74) is -0.112. The van der Waals surface area contributed by atoms with Crippen molar-refractivity contribution < 1.29 is 0 Å². The van der Waals surface area contributed by atoms with Gasteiger partial charge in [0, 0.05) is 6.54 Å². The number of nitrogens with zero attached hydrogens (tertiary/aromatic N) is 2. The molecule has 2 rings (SSSR count). The van der Waals surface area contributed by atoms with Gasteiger partial charge in [0.05, 0.1) is 6.04 Å². The topological polar surface area (TPSA) is 62.7 Å². The zero-order valence-corrected chi connectivity index (χ0v) is 6.08. The van der Waals surface area contributed by atoms with E-state index >= 15 is 0 Å². The van der Waals surface area contributed by atoms with Crippen molar-refractivity contribution >= 4 is 0 Å². The van der Waals surface area contributed by atoms with E-state index in [2.05, 4.69) is 15.5 Å². The first-order valence-corrected chi connectivity index (χ1v) is 3.70. The van der Waals surface area contributed by atoms with Gasteiger partial charge in [0.15, 0.2) is 0 Å². The SMILES string of the molecule is O=c1[nH]ncn1C1CCNC1. The molecule has 0 radical (unpaired) electrons. The fourth-order valence-electron chi connectivity index (χ4n) is 1.39. The van der Waals surface area contributed by atoms with E-state index in [1.54, 1.807) is 10.9 Å². The van der Waals surface area contributed by atoms with Gasteiger partial charge in [-0.2, -0.15) is 5.10 Å². The molecule has 2 heterocycles. The molecule has 0 spiro atoms. The molecule has 0 saturated carbocycles. The van der Waals surface area contributed by atoms with Gasteiger partial charge in [0.25, 0.3) is 0 Å². The molecular weight excluding hydrogens is 144 g/mol. The molecule has 1 unspecified atom stereocenters. The summed E-state index contributed by atoms with van der Waals surface area (Å²) in [4.78, 5) is 11.0. The second kappa shape index (κ2) is 2.50. The molecule has 0 amide bonds. The van der Waals surface area contributed by atoms with E-state index in [-0.39, 0.29) is 5.69 Å². The lowest BCUT2D eigenvalue weighted by molar-refractivity contribution is 0.530. The van der Waals surface area contributed by atoms with E-state index in [1.165, 1.54) is 0 Å². The van der Waals surface area contributed by atoms with Crippen LogP contribution in [-0.4, -0.2) is 27.9 Å². The summed E-state index contributed by atoms with van der Waals surface area (Å²) < 4.78 is 1.64. The van der Waals surface area contributed by atoms with Crippen LogP contribution < -0.4 is 11.0 Å². The van der Waals surface area contributed by atoms with Crippen LogP contribution in [0.2, 0.25) is 0 Å². The zero-order valence-electron chi connectivity index (χ0n) is 6.08. The van der Waals surface area contributed by atoms with E-state index in [0.29, 0.717) is 6.04 Å². The molecule has 1 aliphatic rings. The van der Waals surface area contributed by atoms with Crippen molar-refractivity contribution in [1.82, 2.24) is 20.1 Å². The van der Waals surface area contributed by atoms with Crippen LogP contribution in [0.4, 0.5) is 0 Å². The van der Waals surface area contributed by atoms with E-state index < -0.39 is 0 Å². The van der Waals surface area contributed by atoms with Crippen molar-refractivity contribution in [2.24, 2.45) is 0 Å². The zero-order chi connectivity index (χ0) is 7.68. The molecule has 60 valence electrons. The largest absolute Gasteiger partial charge is 0.343 e. The van der Waals surface area contributed by atoms with Crippen LogP contribution in [-0.2, 0) is 0 Å². The first kappa shape index (κ1) is 6.60. The van der Waals surface area contributed by atoms with E-state index in [0.717, 1.165) is 19.5 Å². The van der Waals surface area contributed by atoms with Gasteiger partial charge in [-0.05, 0) is 13.0 Å². The van der Waals surface area contributed by atoms with Crippen molar-refractivity contribution in [3.8, 4) is 0 Å². The number of H-pyrrole nitrogens is 1. The van der Waals surface area contributed by atoms with Crippen LogP contribution in [0.15, 0.2) is 11.1 Å². The summed E-state index contributed by atoms with van der Waals surface area (Å²) in [6.45, 7) is 1.86. The van der Waals surface area contributed by atoms with Crippen LogP contribution in [0, 0.1) is 0 Å². The highest BCUT2D eigenvalue weighted by molar-refractivity contribution is 4.80. The molecule has 1 fully saturated rings. The fraction of sp³-hybridized carbons (Fsp3) is 0.667. The Kier molecular flexibility index (Phi) is 1.50.